The second-order valence-corrected chi connectivity index (χ2v) is 5.79. The first-order valence-electron chi connectivity index (χ1n) is 7.21. The standard InChI is InChI=1S/C16H26N2O.ClH/c1-12(15-5-7-16(19-4)8-6-15)10-18-11-13(2)17-9-14(18)3;/h5-8,12-14,17H,9-11H2,1-4H3;1H. The van der Waals surface area contributed by atoms with Crippen LogP contribution in [0.15, 0.2) is 24.3 Å². The van der Waals surface area contributed by atoms with E-state index in [1.165, 1.54) is 5.56 Å². The van der Waals surface area contributed by atoms with Crippen LogP contribution < -0.4 is 10.1 Å². The van der Waals surface area contributed by atoms with Gasteiger partial charge in [-0.15, -0.1) is 12.4 Å². The third-order valence-corrected chi connectivity index (χ3v) is 4.09. The Morgan fingerprint density at radius 3 is 2.55 bits per heavy atom. The van der Waals surface area contributed by atoms with Gasteiger partial charge in [-0.25, -0.2) is 0 Å². The number of ether oxygens (including phenoxy) is 1. The fraction of sp³-hybridized carbons (Fsp3) is 0.625. The first-order chi connectivity index (χ1) is 9.10. The number of hydrogen-bond acceptors (Lipinski definition) is 3. The van der Waals surface area contributed by atoms with Crippen molar-refractivity contribution >= 4 is 12.4 Å². The van der Waals surface area contributed by atoms with Gasteiger partial charge >= 0.3 is 0 Å². The SMILES string of the molecule is COc1ccc(C(C)CN2CC(C)NCC2C)cc1.Cl. The highest BCUT2D eigenvalue weighted by molar-refractivity contribution is 5.85. The van der Waals surface area contributed by atoms with Crippen molar-refractivity contribution in [2.24, 2.45) is 0 Å². The zero-order valence-corrected chi connectivity index (χ0v) is 13.7. The molecule has 1 saturated heterocycles. The topological polar surface area (TPSA) is 24.5 Å². The predicted molar refractivity (Wildman–Crippen MR) is 87.2 cm³/mol. The van der Waals surface area contributed by atoms with Gasteiger partial charge < -0.3 is 10.1 Å². The number of piperazine rings is 1. The average Bonchev–Trinajstić information content (AvgIpc) is 2.43. The van der Waals surface area contributed by atoms with E-state index in [1.807, 2.05) is 0 Å². The summed E-state index contributed by atoms with van der Waals surface area (Å²) < 4.78 is 5.21. The van der Waals surface area contributed by atoms with Crippen LogP contribution in [0.3, 0.4) is 0 Å². The Bertz CT molecular complexity index is 396. The van der Waals surface area contributed by atoms with Crippen molar-refractivity contribution < 1.29 is 4.74 Å². The minimum atomic E-state index is 0. The quantitative estimate of drug-likeness (QED) is 0.925. The van der Waals surface area contributed by atoms with Crippen LogP contribution in [0.25, 0.3) is 0 Å². The van der Waals surface area contributed by atoms with Gasteiger partial charge in [-0.2, -0.15) is 0 Å². The van der Waals surface area contributed by atoms with Crippen LogP contribution in [0.5, 0.6) is 5.75 Å². The maximum absolute atomic E-state index is 5.21. The van der Waals surface area contributed by atoms with E-state index in [0.29, 0.717) is 18.0 Å². The Balaban J connectivity index is 0.00000200. The fourth-order valence-corrected chi connectivity index (χ4v) is 2.74. The molecule has 0 spiro atoms. The summed E-state index contributed by atoms with van der Waals surface area (Å²) in [5.41, 5.74) is 1.39. The van der Waals surface area contributed by atoms with E-state index in [0.717, 1.165) is 25.4 Å². The van der Waals surface area contributed by atoms with Crippen LogP contribution >= 0.6 is 12.4 Å². The van der Waals surface area contributed by atoms with E-state index >= 15 is 0 Å². The zero-order valence-electron chi connectivity index (χ0n) is 12.9. The lowest BCUT2D eigenvalue weighted by atomic mass is 9.99. The fourth-order valence-electron chi connectivity index (χ4n) is 2.74. The molecule has 1 fully saturated rings. The molecular formula is C16H27ClN2O. The maximum atomic E-state index is 5.21. The molecule has 1 aliphatic heterocycles. The maximum Gasteiger partial charge on any atom is 0.118 e. The molecule has 0 bridgehead atoms. The molecule has 3 atom stereocenters. The summed E-state index contributed by atoms with van der Waals surface area (Å²) >= 11 is 0. The first-order valence-corrected chi connectivity index (χ1v) is 7.21. The molecule has 1 aromatic rings. The summed E-state index contributed by atoms with van der Waals surface area (Å²) in [6.07, 6.45) is 0. The van der Waals surface area contributed by atoms with Gasteiger partial charge in [0.05, 0.1) is 7.11 Å². The second kappa shape index (κ2) is 7.87. The molecule has 0 amide bonds. The van der Waals surface area contributed by atoms with Gasteiger partial charge in [0.15, 0.2) is 0 Å². The summed E-state index contributed by atoms with van der Waals surface area (Å²) in [4.78, 5) is 2.59. The molecule has 20 heavy (non-hydrogen) atoms. The molecule has 0 aliphatic carbocycles. The number of nitrogens with one attached hydrogen (secondary N) is 1. The Kier molecular flexibility index (Phi) is 6.80. The third-order valence-electron chi connectivity index (χ3n) is 4.09. The molecule has 1 heterocycles. The molecule has 2 rings (SSSR count). The third kappa shape index (κ3) is 4.37. The van der Waals surface area contributed by atoms with Crippen LogP contribution in [-0.4, -0.2) is 43.7 Å². The minimum absolute atomic E-state index is 0. The van der Waals surface area contributed by atoms with E-state index in [2.05, 4.69) is 55.3 Å². The van der Waals surface area contributed by atoms with Crippen molar-refractivity contribution in [2.75, 3.05) is 26.7 Å². The Hall–Kier alpha value is -0.770. The van der Waals surface area contributed by atoms with E-state index in [1.54, 1.807) is 7.11 Å². The van der Waals surface area contributed by atoms with Crippen molar-refractivity contribution in [1.29, 1.82) is 0 Å². The highest BCUT2D eigenvalue weighted by atomic mass is 35.5. The van der Waals surface area contributed by atoms with Gasteiger partial charge in [-0.1, -0.05) is 19.1 Å². The van der Waals surface area contributed by atoms with E-state index in [4.69, 9.17) is 4.74 Å². The van der Waals surface area contributed by atoms with Crippen molar-refractivity contribution in [1.82, 2.24) is 10.2 Å². The molecule has 3 unspecified atom stereocenters. The number of halogens is 1. The molecule has 3 nitrogen and oxygen atoms in total. The number of nitrogens with zero attached hydrogens (tertiary/aromatic N) is 1. The van der Waals surface area contributed by atoms with Gasteiger partial charge in [0.25, 0.3) is 0 Å². The highest BCUT2D eigenvalue weighted by Gasteiger charge is 2.23. The molecule has 4 heteroatoms. The van der Waals surface area contributed by atoms with Crippen LogP contribution in [0.1, 0.15) is 32.3 Å². The lowest BCUT2D eigenvalue weighted by Crippen LogP contribution is -2.54. The summed E-state index contributed by atoms with van der Waals surface area (Å²) in [5, 5.41) is 3.53. The summed E-state index contributed by atoms with van der Waals surface area (Å²) in [6, 6.07) is 9.68. The Labute approximate surface area is 129 Å². The first kappa shape index (κ1) is 17.3. The number of hydrogen-bond donors (Lipinski definition) is 1. The van der Waals surface area contributed by atoms with Gasteiger partial charge in [-0.05, 0) is 37.5 Å². The molecule has 0 radical (unpaired) electrons. The largest absolute Gasteiger partial charge is 0.497 e. The highest BCUT2D eigenvalue weighted by Crippen LogP contribution is 2.21. The summed E-state index contributed by atoms with van der Waals surface area (Å²) in [7, 11) is 1.71. The van der Waals surface area contributed by atoms with E-state index in [9.17, 15) is 0 Å². The van der Waals surface area contributed by atoms with Crippen LogP contribution in [0.4, 0.5) is 0 Å². The number of methoxy groups -OCH3 is 1. The zero-order chi connectivity index (χ0) is 13.8. The van der Waals surface area contributed by atoms with Crippen molar-refractivity contribution in [3.63, 3.8) is 0 Å². The van der Waals surface area contributed by atoms with Crippen LogP contribution in [-0.2, 0) is 0 Å². The monoisotopic (exact) mass is 298 g/mol. The van der Waals surface area contributed by atoms with Gasteiger partial charge in [0.1, 0.15) is 5.75 Å². The Morgan fingerprint density at radius 2 is 1.95 bits per heavy atom. The minimum Gasteiger partial charge on any atom is -0.497 e. The molecule has 0 aromatic heterocycles. The van der Waals surface area contributed by atoms with Gasteiger partial charge in [0.2, 0.25) is 0 Å². The molecule has 114 valence electrons. The van der Waals surface area contributed by atoms with Crippen molar-refractivity contribution in [2.45, 2.75) is 38.8 Å². The lowest BCUT2D eigenvalue weighted by Gasteiger charge is -2.39. The van der Waals surface area contributed by atoms with Crippen molar-refractivity contribution in [3.8, 4) is 5.75 Å². The van der Waals surface area contributed by atoms with Crippen LogP contribution in [0.2, 0.25) is 0 Å². The molecule has 0 saturated carbocycles. The van der Waals surface area contributed by atoms with Crippen LogP contribution in [0, 0.1) is 0 Å². The van der Waals surface area contributed by atoms with Crippen molar-refractivity contribution in [3.05, 3.63) is 29.8 Å². The summed E-state index contributed by atoms with van der Waals surface area (Å²) in [6.45, 7) is 10.2. The predicted octanol–water partition coefficient (Wildman–Crippen LogP) is 2.90. The molecular weight excluding hydrogens is 272 g/mol. The second-order valence-electron chi connectivity index (χ2n) is 5.79. The molecule has 1 aliphatic rings. The van der Waals surface area contributed by atoms with Gasteiger partial charge in [0, 0.05) is 31.7 Å². The number of rotatable bonds is 4. The van der Waals surface area contributed by atoms with E-state index < -0.39 is 0 Å². The normalized spacial score (nSPS) is 24.8. The smallest absolute Gasteiger partial charge is 0.118 e. The summed E-state index contributed by atoms with van der Waals surface area (Å²) in [5.74, 6) is 1.48. The number of benzene rings is 1. The molecule has 1 aromatic carbocycles. The lowest BCUT2D eigenvalue weighted by molar-refractivity contribution is 0.140. The van der Waals surface area contributed by atoms with Gasteiger partial charge in [-0.3, -0.25) is 4.90 Å². The Morgan fingerprint density at radius 1 is 1.30 bits per heavy atom. The average molecular weight is 299 g/mol. The van der Waals surface area contributed by atoms with E-state index in [-0.39, 0.29) is 12.4 Å². The molecule has 1 N–H and O–H groups in total.